The second kappa shape index (κ2) is 18.3. The van der Waals surface area contributed by atoms with Gasteiger partial charge in [-0.25, -0.2) is 0 Å². The smallest absolute Gasteiger partial charge is 0.307 e. The van der Waals surface area contributed by atoms with E-state index in [1.807, 2.05) is 97.1 Å². The van der Waals surface area contributed by atoms with Crippen LogP contribution in [0.4, 0.5) is 0 Å². The van der Waals surface area contributed by atoms with E-state index in [4.69, 9.17) is 9.47 Å². The van der Waals surface area contributed by atoms with E-state index in [1.54, 1.807) is 0 Å². The maximum atomic E-state index is 13.7. The van der Waals surface area contributed by atoms with Crippen LogP contribution in [0.2, 0.25) is 0 Å². The second-order valence-electron chi connectivity index (χ2n) is 14.6. The Labute approximate surface area is 320 Å². The summed E-state index contributed by atoms with van der Waals surface area (Å²) in [5.41, 5.74) is 5.15. The largest absolute Gasteiger partial charge is 0.444 e. The van der Waals surface area contributed by atoms with Crippen LogP contribution in [0.15, 0.2) is 158 Å². The molecule has 1 saturated carbocycles. The topological polar surface area (TPSA) is 55.8 Å². The number of ketones is 1. The number of allylic oxidation sites excluding steroid dienone is 2. The average molecular weight is 718 g/mol. The first-order valence-electron chi connectivity index (χ1n) is 19.7. The Bertz CT molecular complexity index is 1840. The SMILES string of the molecule is O=C(CCC/C=C\C[C@H]1[C@@H](OCc2ccc(-c3ccccc3)cc2)CC(=O)[C@@H]1N1CCCCC1)OC(c1ccccc1)(c1ccccc1)c1ccccc1. The monoisotopic (exact) mass is 717 g/mol. The minimum absolute atomic E-state index is 0.0996. The molecule has 2 fully saturated rings. The van der Waals surface area contributed by atoms with Crippen molar-refractivity contribution >= 4 is 11.8 Å². The van der Waals surface area contributed by atoms with Crippen molar-refractivity contribution < 1.29 is 19.1 Å². The summed E-state index contributed by atoms with van der Waals surface area (Å²) in [4.78, 5) is 29.6. The number of ether oxygens (including phenoxy) is 2. The lowest BCUT2D eigenvalue weighted by Crippen LogP contribution is -2.46. The third-order valence-electron chi connectivity index (χ3n) is 11.1. The highest BCUT2D eigenvalue weighted by Gasteiger charge is 2.45. The molecule has 0 amide bonds. The number of carbonyl (C=O) groups excluding carboxylic acids is 2. The molecule has 2 aliphatic rings. The van der Waals surface area contributed by atoms with Crippen LogP contribution in [0.5, 0.6) is 0 Å². The number of rotatable bonds is 15. The van der Waals surface area contributed by atoms with E-state index in [-0.39, 0.29) is 24.0 Å². The molecule has 3 atom stereocenters. The second-order valence-corrected chi connectivity index (χ2v) is 14.6. The van der Waals surface area contributed by atoms with Crippen molar-refractivity contribution in [3.63, 3.8) is 0 Å². The fraction of sp³-hybridized carbons (Fsp3) is 0.306. The lowest BCUT2D eigenvalue weighted by atomic mass is 9.80. The number of piperidine rings is 1. The van der Waals surface area contributed by atoms with Crippen molar-refractivity contribution in [1.82, 2.24) is 4.90 Å². The van der Waals surface area contributed by atoms with Gasteiger partial charge in [-0.15, -0.1) is 0 Å². The number of hydrogen-bond acceptors (Lipinski definition) is 5. The molecule has 1 heterocycles. The zero-order chi connectivity index (χ0) is 37.0. The first kappa shape index (κ1) is 37.2. The summed E-state index contributed by atoms with van der Waals surface area (Å²) in [6.07, 6.45) is 10.7. The first-order valence-corrected chi connectivity index (χ1v) is 19.7. The van der Waals surface area contributed by atoms with Gasteiger partial charge >= 0.3 is 5.97 Å². The maximum Gasteiger partial charge on any atom is 0.307 e. The van der Waals surface area contributed by atoms with Crippen molar-refractivity contribution in [3.05, 3.63) is 180 Å². The van der Waals surface area contributed by atoms with E-state index in [2.05, 4.69) is 65.6 Å². The van der Waals surface area contributed by atoms with Gasteiger partial charge < -0.3 is 9.47 Å². The van der Waals surface area contributed by atoms with E-state index in [0.717, 1.165) is 61.0 Å². The van der Waals surface area contributed by atoms with Gasteiger partial charge in [-0.1, -0.05) is 164 Å². The molecular formula is C49H51NO4. The van der Waals surface area contributed by atoms with Gasteiger partial charge in [0.15, 0.2) is 11.4 Å². The van der Waals surface area contributed by atoms with Gasteiger partial charge in [0, 0.05) is 35.4 Å². The summed E-state index contributed by atoms with van der Waals surface area (Å²) < 4.78 is 13.1. The van der Waals surface area contributed by atoms with Crippen molar-refractivity contribution in [1.29, 1.82) is 0 Å². The number of likely N-dealkylation sites (tertiary alicyclic amines) is 1. The van der Waals surface area contributed by atoms with Crippen molar-refractivity contribution in [2.75, 3.05) is 13.1 Å². The van der Waals surface area contributed by atoms with Crippen molar-refractivity contribution in [2.24, 2.45) is 5.92 Å². The van der Waals surface area contributed by atoms with E-state index < -0.39 is 5.60 Å². The molecule has 0 bridgehead atoms. The molecule has 276 valence electrons. The normalized spacial score (nSPS) is 19.3. The van der Waals surface area contributed by atoms with E-state index in [0.29, 0.717) is 31.7 Å². The molecular weight excluding hydrogens is 667 g/mol. The Morgan fingerprint density at radius 3 is 1.78 bits per heavy atom. The fourth-order valence-electron chi connectivity index (χ4n) is 8.33. The summed E-state index contributed by atoms with van der Waals surface area (Å²) in [7, 11) is 0. The molecule has 0 radical (unpaired) electrons. The van der Waals surface area contributed by atoms with Crippen LogP contribution < -0.4 is 0 Å². The Morgan fingerprint density at radius 1 is 0.667 bits per heavy atom. The van der Waals surface area contributed by atoms with E-state index >= 15 is 0 Å². The molecule has 1 aliphatic carbocycles. The molecule has 5 aromatic carbocycles. The quantitative estimate of drug-likeness (QED) is 0.0467. The van der Waals surface area contributed by atoms with Gasteiger partial charge in [-0.3, -0.25) is 14.5 Å². The first-order chi connectivity index (χ1) is 26.6. The minimum atomic E-state index is -1.06. The highest BCUT2D eigenvalue weighted by molar-refractivity contribution is 5.87. The lowest BCUT2D eigenvalue weighted by Gasteiger charge is -2.35. The molecule has 0 spiro atoms. The van der Waals surface area contributed by atoms with Crippen LogP contribution in [0, 0.1) is 5.92 Å². The lowest BCUT2D eigenvalue weighted by molar-refractivity contribution is -0.153. The summed E-state index contributed by atoms with van der Waals surface area (Å²) in [6, 6.07) is 48.9. The van der Waals surface area contributed by atoms with Gasteiger partial charge in [-0.05, 0) is 61.9 Å². The summed E-state index contributed by atoms with van der Waals surface area (Å²) in [6.45, 7) is 2.43. The molecule has 1 aliphatic heterocycles. The number of Topliss-reactive ketones (excluding diaryl/α,β-unsaturated/α-hetero) is 1. The molecule has 5 aromatic rings. The Hall–Kier alpha value is -5.10. The highest BCUT2D eigenvalue weighted by atomic mass is 16.6. The highest BCUT2D eigenvalue weighted by Crippen LogP contribution is 2.41. The van der Waals surface area contributed by atoms with Crippen molar-refractivity contribution in [2.45, 2.75) is 75.7 Å². The van der Waals surface area contributed by atoms with Crippen LogP contribution >= 0.6 is 0 Å². The zero-order valence-corrected chi connectivity index (χ0v) is 31.1. The molecule has 7 rings (SSSR count). The van der Waals surface area contributed by atoms with E-state index in [9.17, 15) is 9.59 Å². The van der Waals surface area contributed by atoms with Crippen molar-refractivity contribution in [3.8, 4) is 11.1 Å². The molecule has 1 saturated heterocycles. The van der Waals surface area contributed by atoms with Gasteiger partial charge in [0.2, 0.25) is 0 Å². The summed E-state index contributed by atoms with van der Waals surface area (Å²) in [5, 5.41) is 0. The fourth-order valence-corrected chi connectivity index (χ4v) is 8.33. The Balaban J connectivity index is 0.989. The van der Waals surface area contributed by atoms with Crippen LogP contribution in [0.3, 0.4) is 0 Å². The summed E-state index contributed by atoms with van der Waals surface area (Å²) in [5.74, 6) is 0.168. The summed E-state index contributed by atoms with van der Waals surface area (Å²) >= 11 is 0. The predicted octanol–water partition coefficient (Wildman–Crippen LogP) is 10.3. The number of carbonyl (C=O) groups is 2. The third kappa shape index (κ3) is 8.81. The van der Waals surface area contributed by atoms with Crippen LogP contribution in [0.25, 0.3) is 11.1 Å². The Kier molecular flexibility index (Phi) is 12.6. The molecule has 5 heteroatoms. The zero-order valence-electron chi connectivity index (χ0n) is 31.1. The van der Waals surface area contributed by atoms with Gasteiger partial charge in [0.1, 0.15) is 0 Å². The molecule has 0 unspecified atom stereocenters. The molecule has 54 heavy (non-hydrogen) atoms. The Morgan fingerprint density at radius 2 is 1.20 bits per heavy atom. The average Bonchev–Trinajstić information content (AvgIpc) is 3.56. The number of unbranched alkanes of at least 4 members (excludes halogenated alkanes) is 1. The van der Waals surface area contributed by atoms with Crippen LogP contribution in [-0.2, 0) is 31.3 Å². The number of nitrogens with zero attached hydrogens (tertiary/aromatic N) is 1. The number of benzene rings is 5. The third-order valence-corrected chi connectivity index (χ3v) is 11.1. The van der Waals surface area contributed by atoms with Gasteiger partial charge in [0.25, 0.3) is 0 Å². The standard InChI is InChI=1S/C49H51NO4/c51-45-36-46(53-37-38-30-32-40(33-31-38)39-20-8-3-9-21-39)44(48(45)50-34-18-7-19-35-50)28-16-1-2-17-29-47(52)54-49(41-22-10-4-11-23-41,42-24-12-5-13-25-42)43-26-14-6-15-27-43/h1,3-6,8-16,20-27,30-33,44,46,48H,2,7,17-19,28-29,34-37H2/b16-1-/t44-,46-,48+/m0/s1. The van der Waals surface area contributed by atoms with Gasteiger partial charge in [0.05, 0.1) is 18.8 Å². The number of hydrogen-bond donors (Lipinski definition) is 0. The predicted molar refractivity (Wildman–Crippen MR) is 216 cm³/mol. The van der Waals surface area contributed by atoms with E-state index in [1.165, 1.54) is 17.5 Å². The number of esters is 1. The molecule has 0 N–H and O–H groups in total. The van der Waals surface area contributed by atoms with Crippen LogP contribution in [-0.4, -0.2) is 41.9 Å². The van der Waals surface area contributed by atoms with Gasteiger partial charge in [-0.2, -0.15) is 0 Å². The van der Waals surface area contributed by atoms with Crippen LogP contribution in [0.1, 0.15) is 73.6 Å². The molecule has 0 aromatic heterocycles. The molecule has 5 nitrogen and oxygen atoms in total. The minimum Gasteiger partial charge on any atom is -0.444 e. The maximum absolute atomic E-state index is 13.7.